The molecule has 0 radical (unpaired) electrons. The lowest BCUT2D eigenvalue weighted by molar-refractivity contribution is 0.122. The smallest absolute Gasteiger partial charge is 0.148 e. The molecular weight excluding hydrogens is 441 g/mol. The van der Waals surface area contributed by atoms with E-state index in [1.54, 1.807) is 6.07 Å². The van der Waals surface area contributed by atoms with Crippen molar-refractivity contribution < 1.29 is 13.9 Å². The standard InChI is InChI=1S/C29H32FN3O2/c30-28-16-22(8-11-29(28)33-12-14-34-15-13-33)31-17-25-26-19-32(20-27(25)26)18-21-6-9-24(10-7-21)35-23-4-2-1-3-5-23/h1-11,16,25-27,31H,12-15,17-20H2. The summed E-state index contributed by atoms with van der Waals surface area (Å²) in [6.45, 7) is 7.00. The molecule has 6 heteroatoms. The second kappa shape index (κ2) is 9.88. The molecule has 182 valence electrons. The Morgan fingerprint density at radius 2 is 1.60 bits per heavy atom. The summed E-state index contributed by atoms with van der Waals surface area (Å²) < 4.78 is 25.9. The minimum absolute atomic E-state index is 0.153. The molecule has 1 aliphatic carbocycles. The molecule has 1 N–H and O–H groups in total. The maximum atomic E-state index is 14.7. The molecule has 3 aliphatic rings. The number of ether oxygens (including phenoxy) is 2. The van der Waals surface area contributed by atoms with Gasteiger partial charge in [0.15, 0.2) is 0 Å². The van der Waals surface area contributed by atoms with E-state index in [0.29, 0.717) is 24.8 Å². The molecule has 2 atom stereocenters. The SMILES string of the molecule is Fc1cc(NCC2C3CN(Cc4ccc(Oc5ccccc5)cc4)CC23)ccc1N1CCOCC1. The first-order valence-corrected chi connectivity index (χ1v) is 12.6. The zero-order valence-corrected chi connectivity index (χ0v) is 19.9. The summed E-state index contributed by atoms with van der Waals surface area (Å²) in [5, 5.41) is 3.48. The Bertz CT molecular complexity index is 1120. The summed E-state index contributed by atoms with van der Waals surface area (Å²) in [7, 11) is 0. The predicted molar refractivity (Wildman–Crippen MR) is 137 cm³/mol. The van der Waals surface area contributed by atoms with Gasteiger partial charge in [0.2, 0.25) is 0 Å². The number of halogens is 1. The number of anilines is 2. The van der Waals surface area contributed by atoms with Gasteiger partial charge in [-0.3, -0.25) is 4.90 Å². The van der Waals surface area contributed by atoms with E-state index in [4.69, 9.17) is 9.47 Å². The number of nitrogens with one attached hydrogen (secondary N) is 1. The lowest BCUT2D eigenvalue weighted by Gasteiger charge is -2.29. The minimum Gasteiger partial charge on any atom is -0.457 e. The van der Waals surface area contributed by atoms with Gasteiger partial charge in [-0.15, -0.1) is 0 Å². The maximum Gasteiger partial charge on any atom is 0.148 e. The van der Waals surface area contributed by atoms with Crippen LogP contribution < -0.4 is 15.0 Å². The second-order valence-electron chi connectivity index (χ2n) is 9.89. The molecule has 2 unspecified atom stereocenters. The highest BCUT2D eigenvalue weighted by atomic mass is 19.1. The highest BCUT2D eigenvalue weighted by molar-refractivity contribution is 5.56. The van der Waals surface area contributed by atoms with Crippen LogP contribution in [0.1, 0.15) is 5.56 Å². The highest BCUT2D eigenvalue weighted by Gasteiger charge is 2.54. The second-order valence-corrected chi connectivity index (χ2v) is 9.89. The van der Waals surface area contributed by atoms with Crippen LogP contribution in [0.5, 0.6) is 11.5 Å². The van der Waals surface area contributed by atoms with Gasteiger partial charge < -0.3 is 19.7 Å². The Balaban J connectivity index is 0.952. The quantitative estimate of drug-likeness (QED) is 0.484. The van der Waals surface area contributed by atoms with Crippen molar-refractivity contribution in [2.75, 3.05) is 56.2 Å². The number of benzene rings is 3. The number of fused-ring (bicyclic) bond motifs is 1. The van der Waals surface area contributed by atoms with Crippen molar-refractivity contribution in [2.45, 2.75) is 6.54 Å². The number of hydrogen-bond acceptors (Lipinski definition) is 5. The molecule has 2 heterocycles. The van der Waals surface area contributed by atoms with Crippen molar-refractivity contribution in [3.63, 3.8) is 0 Å². The van der Waals surface area contributed by atoms with Crippen LogP contribution in [0.4, 0.5) is 15.8 Å². The van der Waals surface area contributed by atoms with Gasteiger partial charge in [-0.1, -0.05) is 30.3 Å². The molecule has 2 saturated heterocycles. The number of para-hydroxylation sites is 1. The molecule has 3 aromatic carbocycles. The Morgan fingerprint density at radius 3 is 2.31 bits per heavy atom. The van der Waals surface area contributed by atoms with Gasteiger partial charge in [-0.05, 0) is 65.8 Å². The van der Waals surface area contributed by atoms with E-state index in [-0.39, 0.29) is 5.82 Å². The summed E-state index contributed by atoms with van der Waals surface area (Å²) in [6, 6.07) is 23.8. The van der Waals surface area contributed by atoms with Crippen LogP contribution in [0.3, 0.4) is 0 Å². The fourth-order valence-electron chi connectivity index (χ4n) is 5.63. The van der Waals surface area contributed by atoms with Crippen LogP contribution >= 0.6 is 0 Å². The maximum absolute atomic E-state index is 14.7. The topological polar surface area (TPSA) is 37.0 Å². The first-order valence-electron chi connectivity index (χ1n) is 12.6. The van der Waals surface area contributed by atoms with Crippen LogP contribution in [-0.4, -0.2) is 50.8 Å². The van der Waals surface area contributed by atoms with Gasteiger partial charge in [0, 0.05) is 45.0 Å². The Labute approximate surface area is 206 Å². The van der Waals surface area contributed by atoms with Gasteiger partial charge in [0.05, 0.1) is 18.9 Å². The van der Waals surface area contributed by atoms with Gasteiger partial charge in [-0.2, -0.15) is 0 Å². The molecular formula is C29H32FN3O2. The summed E-state index contributed by atoms with van der Waals surface area (Å²) >= 11 is 0. The van der Waals surface area contributed by atoms with Crippen LogP contribution in [0, 0.1) is 23.6 Å². The molecule has 35 heavy (non-hydrogen) atoms. The molecule has 0 amide bonds. The largest absolute Gasteiger partial charge is 0.457 e. The molecule has 2 aliphatic heterocycles. The van der Waals surface area contributed by atoms with E-state index in [2.05, 4.69) is 39.4 Å². The summed E-state index contributed by atoms with van der Waals surface area (Å²) in [6.07, 6.45) is 0. The number of likely N-dealkylation sites (tertiary alicyclic amines) is 1. The van der Waals surface area contributed by atoms with E-state index in [1.165, 1.54) is 5.56 Å². The summed E-state index contributed by atoms with van der Waals surface area (Å²) in [4.78, 5) is 4.61. The van der Waals surface area contributed by atoms with Gasteiger partial charge in [0.25, 0.3) is 0 Å². The average molecular weight is 474 g/mol. The van der Waals surface area contributed by atoms with E-state index in [9.17, 15) is 4.39 Å². The van der Waals surface area contributed by atoms with Crippen molar-refractivity contribution in [1.29, 1.82) is 0 Å². The fraction of sp³-hybridized carbons (Fsp3) is 0.379. The molecule has 5 nitrogen and oxygen atoms in total. The van der Waals surface area contributed by atoms with Crippen LogP contribution in [-0.2, 0) is 11.3 Å². The number of rotatable bonds is 8. The van der Waals surface area contributed by atoms with Crippen molar-refractivity contribution in [3.8, 4) is 11.5 Å². The van der Waals surface area contributed by atoms with Gasteiger partial charge >= 0.3 is 0 Å². The Kier molecular flexibility index (Phi) is 6.32. The zero-order chi connectivity index (χ0) is 23.6. The third-order valence-electron chi connectivity index (χ3n) is 7.60. The fourth-order valence-corrected chi connectivity index (χ4v) is 5.63. The van der Waals surface area contributed by atoms with E-state index < -0.39 is 0 Å². The number of nitrogens with zero attached hydrogens (tertiary/aromatic N) is 2. The molecule has 1 saturated carbocycles. The number of morpholine rings is 1. The van der Waals surface area contributed by atoms with Crippen LogP contribution in [0.15, 0.2) is 72.8 Å². The van der Waals surface area contributed by atoms with Crippen LogP contribution in [0.25, 0.3) is 0 Å². The Hall–Kier alpha value is -3.09. The minimum atomic E-state index is -0.153. The molecule has 3 aromatic rings. The lowest BCUT2D eigenvalue weighted by atomic mass is 10.2. The molecule has 6 rings (SSSR count). The molecule has 0 aromatic heterocycles. The zero-order valence-electron chi connectivity index (χ0n) is 19.9. The van der Waals surface area contributed by atoms with Crippen LogP contribution in [0.2, 0.25) is 0 Å². The molecule has 0 bridgehead atoms. The molecule has 0 spiro atoms. The summed E-state index contributed by atoms with van der Waals surface area (Å²) in [5.74, 6) is 3.76. The third-order valence-corrected chi connectivity index (χ3v) is 7.60. The highest BCUT2D eigenvalue weighted by Crippen LogP contribution is 2.51. The monoisotopic (exact) mass is 473 g/mol. The first kappa shape index (κ1) is 22.4. The number of hydrogen-bond donors (Lipinski definition) is 1. The first-order chi connectivity index (χ1) is 17.2. The number of piperidine rings is 1. The van der Waals surface area contributed by atoms with E-state index >= 15 is 0 Å². The van der Waals surface area contributed by atoms with Crippen molar-refractivity contribution in [1.82, 2.24) is 4.90 Å². The normalized spacial score (nSPS) is 23.7. The molecule has 3 fully saturated rings. The lowest BCUT2D eigenvalue weighted by Crippen LogP contribution is -2.36. The van der Waals surface area contributed by atoms with E-state index in [0.717, 1.165) is 68.3 Å². The van der Waals surface area contributed by atoms with Gasteiger partial charge in [-0.25, -0.2) is 4.39 Å². The Morgan fingerprint density at radius 1 is 0.886 bits per heavy atom. The predicted octanol–water partition coefficient (Wildman–Crippen LogP) is 5.24. The van der Waals surface area contributed by atoms with E-state index in [1.807, 2.05) is 42.5 Å². The summed E-state index contributed by atoms with van der Waals surface area (Å²) in [5.41, 5.74) is 2.87. The van der Waals surface area contributed by atoms with Crippen molar-refractivity contribution in [2.24, 2.45) is 17.8 Å². The third kappa shape index (κ3) is 5.14. The average Bonchev–Trinajstić information content (AvgIpc) is 3.35. The van der Waals surface area contributed by atoms with Crippen molar-refractivity contribution in [3.05, 3.63) is 84.2 Å². The van der Waals surface area contributed by atoms with Gasteiger partial charge in [0.1, 0.15) is 17.3 Å². The van der Waals surface area contributed by atoms with Crippen molar-refractivity contribution >= 4 is 11.4 Å².